The van der Waals surface area contributed by atoms with Crippen LogP contribution in [0.1, 0.15) is 46.0 Å². The number of nitrogens with zero attached hydrogens (tertiary/aromatic N) is 1. The van der Waals surface area contributed by atoms with Crippen molar-refractivity contribution in [3.05, 3.63) is 0 Å². The van der Waals surface area contributed by atoms with Gasteiger partial charge in [0.1, 0.15) is 0 Å². The molecule has 1 heterocycles. The second-order valence-electron chi connectivity index (χ2n) is 5.86. The molecule has 0 aromatic rings. The molecular formula is C13H22N2O. The van der Waals surface area contributed by atoms with Crippen LogP contribution in [0.2, 0.25) is 0 Å². The van der Waals surface area contributed by atoms with E-state index in [0.29, 0.717) is 17.9 Å². The molecule has 16 heavy (non-hydrogen) atoms. The van der Waals surface area contributed by atoms with Gasteiger partial charge in [0.2, 0.25) is 5.91 Å². The molecule has 1 saturated heterocycles. The molecule has 3 fully saturated rings. The molecule has 3 nitrogen and oxygen atoms in total. The Morgan fingerprint density at radius 2 is 2.19 bits per heavy atom. The first-order valence-electron chi connectivity index (χ1n) is 6.74. The number of rotatable bonds is 2. The monoisotopic (exact) mass is 222 g/mol. The summed E-state index contributed by atoms with van der Waals surface area (Å²) in [6.07, 6.45) is 5.89. The molecule has 1 spiro atoms. The Kier molecular flexibility index (Phi) is 2.29. The highest BCUT2D eigenvalue weighted by molar-refractivity contribution is 5.91. The Labute approximate surface area is 97.6 Å². The molecular weight excluding hydrogens is 200 g/mol. The van der Waals surface area contributed by atoms with E-state index in [0.717, 1.165) is 25.4 Å². The smallest absolute Gasteiger partial charge is 0.244 e. The molecule has 2 saturated carbocycles. The molecule has 2 aliphatic carbocycles. The summed E-state index contributed by atoms with van der Waals surface area (Å²) in [7, 11) is 0. The van der Waals surface area contributed by atoms with Crippen molar-refractivity contribution in [2.45, 2.75) is 57.5 Å². The van der Waals surface area contributed by atoms with Crippen LogP contribution < -0.4 is 5.32 Å². The summed E-state index contributed by atoms with van der Waals surface area (Å²) in [5.74, 6) is 1.90. The van der Waals surface area contributed by atoms with Gasteiger partial charge in [-0.05, 0) is 37.5 Å². The van der Waals surface area contributed by atoms with Gasteiger partial charge in [-0.1, -0.05) is 20.3 Å². The lowest BCUT2D eigenvalue weighted by Gasteiger charge is -2.28. The zero-order chi connectivity index (χ0) is 11.3. The first-order chi connectivity index (χ1) is 7.68. The van der Waals surface area contributed by atoms with Crippen LogP contribution in [0.3, 0.4) is 0 Å². The normalized spacial score (nSPS) is 41.0. The van der Waals surface area contributed by atoms with Gasteiger partial charge in [-0.2, -0.15) is 0 Å². The Bertz CT molecular complexity index is 311. The van der Waals surface area contributed by atoms with Crippen molar-refractivity contribution in [2.75, 3.05) is 6.67 Å². The predicted molar refractivity (Wildman–Crippen MR) is 62.8 cm³/mol. The van der Waals surface area contributed by atoms with E-state index in [1.165, 1.54) is 19.3 Å². The lowest BCUT2D eigenvalue weighted by molar-refractivity contribution is -0.132. The van der Waals surface area contributed by atoms with Crippen LogP contribution in [0, 0.1) is 11.8 Å². The van der Waals surface area contributed by atoms with Crippen molar-refractivity contribution in [3.63, 3.8) is 0 Å². The van der Waals surface area contributed by atoms with Gasteiger partial charge in [-0.3, -0.25) is 10.1 Å². The number of amides is 1. The molecule has 0 radical (unpaired) electrons. The average Bonchev–Trinajstić information content (AvgIpc) is 2.89. The fourth-order valence-corrected chi connectivity index (χ4v) is 3.68. The largest absolute Gasteiger partial charge is 0.325 e. The molecule has 0 bridgehead atoms. The molecule has 1 N–H and O–H groups in total. The van der Waals surface area contributed by atoms with Gasteiger partial charge in [0.05, 0.1) is 12.2 Å². The van der Waals surface area contributed by atoms with Crippen LogP contribution in [-0.4, -0.2) is 29.1 Å². The van der Waals surface area contributed by atoms with Crippen molar-refractivity contribution in [1.82, 2.24) is 10.2 Å². The maximum absolute atomic E-state index is 12.3. The summed E-state index contributed by atoms with van der Waals surface area (Å²) in [6, 6.07) is 0.505. The van der Waals surface area contributed by atoms with E-state index < -0.39 is 0 Å². The van der Waals surface area contributed by atoms with Crippen molar-refractivity contribution in [3.8, 4) is 0 Å². The Hall–Kier alpha value is -0.570. The van der Waals surface area contributed by atoms with Gasteiger partial charge in [-0.25, -0.2) is 0 Å². The highest BCUT2D eigenvalue weighted by atomic mass is 16.2. The third-order valence-electron chi connectivity index (χ3n) is 5.12. The van der Waals surface area contributed by atoms with Crippen LogP contribution in [-0.2, 0) is 4.79 Å². The topological polar surface area (TPSA) is 32.3 Å². The van der Waals surface area contributed by atoms with Gasteiger partial charge < -0.3 is 4.90 Å². The molecule has 0 aromatic carbocycles. The summed E-state index contributed by atoms with van der Waals surface area (Å²) in [4.78, 5) is 14.4. The number of hydrogen-bond acceptors (Lipinski definition) is 2. The minimum atomic E-state index is -0.107. The molecule has 3 rings (SSSR count). The van der Waals surface area contributed by atoms with Crippen molar-refractivity contribution < 1.29 is 4.79 Å². The Morgan fingerprint density at radius 3 is 2.69 bits per heavy atom. The van der Waals surface area contributed by atoms with E-state index in [4.69, 9.17) is 0 Å². The number of nitrogens with one attached hydrogen (secondary N) is 1. The second-order valence-corrected chi connectivity index (χ2v) is 5.86. The summed E-state index contributed by atoms with van der Waals surface area (Å²) in [5.41, 5.74) is -0.107. The van der Waals surface area contributed by atoms with Gasteiger partial charge in [-0.15, -0.1) is 0 Å². The first kappa shape index (κ1) is 10.6. The molecule has 0 aromatic heterocycles. The Balaban J connectivity index is 1.72. The first-order valence-corrected chi connectivity index (χ1v) is 6.74. The zero-order valence-corrected chi connectivity index (χ0v) is 10.3. The number of carbonyl (C=O) groups is 1. The average molecular weight is 222 g/mol. The molecule has 3 aliphatic rings. The molecule has 1 aliphatic heterocycles. The summed E-state index contributed by atoms with van der Waals surface area (Å²) in [5, 5.41) is 3.41. The summed E-state index contributed by atoms with van der Waals surface area (Å²) < 4.78 is 0. The van der Waals surface area contributed by atoms with Crippen LogP contribution in [0.25, 0.3) is 0 Å². The maximum atomic E-state index is 12.3. The standard InChI is InChI=1S/C13H22N2O/c1-3-10-4-5-11(9(10)2)15-8-14-13(6-7-13)12(15)16/h9-11,14H,3-8H2,1-2H3. The van der Waals surface area contributed by atoms with E-state index >= 15 is 0 Å². The molecule has 1 amide bonds. The highest BCUT2D eigenvalue weighted by Crippen LogP contribution is 2.44. The minimum Gasteiger partial charge on any atom is -0.325 e. The van der Waals surface area contributed by atoms with Crippen LogP contribution in [0.4, 0.5) is 0 Å². The third-order valence-corrected chi connectivity index (χ3v) is 5.12. The van der Waals surface area contributed by atoms with E-state index in [9.17, 15) is 4.79 Å². The Morgan fingerprint density at radius 1 is 1.44 bits per heavy atom. The van der Waals surface area contributed by atoms with Crippen molar-refractivity contribution >= 4 is 5.91 Å². The highest BCUT2D eigenvalue weighted by Gasteiger charge is 2.57. The van der Waals surface area contributed by atoms with Crippen LogP contribution in [0.15, 0.2) is 0 Å². The fraction of sp³-hybridized carbons (Fsp3) is 0.923. The molecule has 3 unspecified atom stereocenters. The molecule has 3 heteroatoms. The SMILES string of the molecule is CCC1CCC(N2CNC3(CC3)C2=O)C1C. The third kappa shape index (κ3) is 1.33. The van der Waals surface area contributed by atoms with Gasteiger partial charge >= 0.3 is 0 Å². The van der Waals surface area contributed by atoms with E-state index in [1.54, 1.807) is 0 Å². The predicted octanol–water partition coefficient (Wildman–Crippen LogP) is 1.73. The summed E-state index contributed by atoms with van der Waals surface area (Å²) in [6.45, 7) is 5.40. The van der Waals surface area contributed by atoms with E-state index in [1.807, 2.05) is 0 Å². The minimum absolute atomic E-state index is 0.107. The van der Waals surface area contributed by atoms with E-state index in [-0.39, 0.29) is 5.54 Å². The van der Waals surface area contributed by atoms with Crippen molar-refractivity contribution in [1.29, 1.82) is 0 Å². The van der Waals surface area contributed by atoms with Crippen LogP contribution in [0.5, 0.6) is 0 Å². The van der Waals surface area contributed by atoms with Gasteiger partial charge in [0.25, 0.3) is 0 Å². The zero-order valence-electron chi connectivity index (χ0n) is 10.3. The second kappa shape index (κ2) is 3.46. The fourth-order valence-electron chi connectivity index (χ4n) is 3.68. The quantitative estimate of drug-likeness (QED) is 0.771. The van der Waals surface area contributed by atoms with E-state index in [2.05, 4.69) is 24.1 Å². The number of hydrogen-bond donors (Lipinski definition) is 1. The summed E-state index contributed by atoms with van der Waals surface area (Å²) >= 11 is 0. The maximum Gasteiger partial charge on any atom is 0.244 e. The lowest BCUT2D eigenvalue weighted by Crippen LogP contribution is -2.41. The molecule has 3 atom stereocenters. The number of carbonyl (C=O) groups excluding carboxylic acids is 1. The van der Waals surface area contributed by atoms with Gasteiger partial charge in [0.15, 0.2) is 0 Å². The van der Waals surface area contributed by atoms with Gasteiger partial charge in [0, 0.05) is 6.04 Å². The lowest BCUT2D eigenvalue weighted by atomic mass is 9.93. The van der Waals surface area contributed by atoms with Crippen LogP contribution >= 0.6 is 0 Å². The van der Waals surface area contributed by atoms with Crippen molar-refractivity contribution in [2.24, 2.45) is 11.8 Å². The molecule has 90 valence electrons.